The summed E-state index contributed by atoms with van der Waals surface area (Å²) in [6.45, 7) is 11.4. The Morgan fingerprint density at radius 2 is 1.81 bits per heavy atom. The minimum absolute atomic E-state index is 0.0780. The third-order valence-corrected chi connectivity index (χ3v) is 5.57. The van der Waals surface area contributed by atoms with Gasteiger partial charge in [-0.1, -0.05) is 27.7 Å². The molecule has 2 N–H and O–H groups in total. The van der Waals surface area contributed by atoms with Crippen molar-refractivity contribution in [3.8, 4) is 0 Å². The maximum Gasteiger partial charge on any atom is 0.245 e. The average Bonchev–Trinajstić information content (AvgIpc) is 2.61. The van der Waals surface area contributed by atoms with Gasteiger partial charge in [0, 0.05) is 32.8 Å². The molecule has 0 radical (unpaired) electrons. The molecule has 0 spiro atoms. The number of hydrogen-bond acceptors (Lipinski definition) is 4. The zero-order valence-corrected chi connectivity index (χ0v) is 16.9. The van der Waals surface area contributed by atoms with Crippen molar-refractivity contribution in [2.75, 3.05) is 32.8 Å². The maximum absolute atomic E-state index is 13.3. The normalized spacial score (nSPS) is 23.8. The fourth-order valence-electron chi connectivity index (χ4n) is 4.08. The van der Waals surface area contributed by atoms with E-state index in [9.17, 15) is 14.7 Å². The van der Waals surface area contributed by atoms with Crippen molar-refractivity contribution >= 4 is 11.8 Å². The summed E-state index contributed by atoms with van der Waals surface area (Å²) in [4.78, 5) is 30.0. The molecule has 0 saturated carbocycles. The van der Waals surface area contributed by atoms with Gasteiger partial charge in [-0.25, -0.2) is 0 Å². The first kappa shape index (κ1) is 21.2. The van der Waals surface area contributed by atoms with Crippen LogP contribution < -0.4 is 5.32 Å². The Labute approximate surface area is 158 Å². The molecule has 2 amide bonds. The molecule has 0 aromatic carbocycles. The number of amides is 2. The molecule has 6 heteroatoms. The van der Waals surface area contributed by atoms with E-state index in [0.717, 1.165) is 25.8 Å². The molecule has 0 bridgehead atoms. The number of rotatable bonds is 7. The second-order valence-electron chi connectivity index (χ2n) is 8.76. The van der Waals surface area contributed by atoms with Gasteiger partial charge in [0.1, 0.15) is 6.04 Å². The average molecular weight is 368 g/mol. The number of hydrogen-bond donors (Lipinski definition) is 2. The number of aliphatic hydroxyl groups excluding tert-OH is 1. The lowest BCUT2D eigenvalue weighted by Crippen LogP contribution is -2.62. The molecule has 0 aliphatic carbocycles. The van der Waals surface area contributed by atoms with Gasteiger partial charge >= 0.3 is 0 Å². The molecule has 2 fully saturated rings. The van der Waals surface area contributed by atoms with E-state index >= 15 is 0 Å². The van der Waals surface area contributed by atoms with Crippen molar-refractivity contribution in [3.63, 3.8) is 0 Å². The van der Waals surface area contributed by atoms with Crippen LogP contribution in [-0.2, 0) is 9.59 Å². The lowest BCUT2D eigenvalue weighted by atomic mass is 9.94. The number of nitrogens with one attached hydrogen (secondary N) is 1. The minimum atomic E-state index is -0.357. The fourth-order valence-corrected chi connectivity index (χ4v) is 4.08. The predicted octanol–water partition coefficient (Wildman–Crippen LogP) is 1.48. The summed E-state index contributed by atoms with van der Waals surface area (Å²) in [5, 5.41) is 12.6. The van der Waals surface area contributed by atoms with E-state index in [0.29, 0.717) is 43.8 Å². The highest BCUT2D eigenvalue weighted by atomic mass is 16.3. The van der Waals surface area contributed by atoms with Crippen LogP contribution in [0.2, 0.25) is 0 Å². The van der Waals surface area contributed by atoms with Crippen molar-refractivity contribution in [2.45, 2.75) is 65.5 Å². The molecule has 26 heavy (non-hydrogen) atoms. The van der Waals surface area contributed by atoms with Gasteiger partial charge in [-0.3, -0.25) is 9.59 Å². The van der Waals surface area contributed by atoms with Gasteiger partial charge in [0.25, 0.3) is 0 Å². The standard InChI is InChI=1S/C20H37N3O3/c1-14(2)11-17-19(25)23(10-7-21-17)18(12-15(3)4)20(26)22-8-5-16(13-24)6-9-22/h14-18,21,24H,5-13H2,1-4H3/t17-,18-/m0/s1. The fraction of sp³-hybridized carbons (Fsp3) is 0.900. The molecule has 0 aromatic heterocycles. The minimum Gasteiger partial charge on any atom is -0.396 e. The lowest BCUT2D eigenvalue weighted by Gasteiger charge is -2.42. The largest absolute Gasteiger partial charge is 0.396 e. The summed E-state index contributed by atoms with van der Waals surface area (Å²) in [5.41, 5.74) is 0. The van der Waals surface area contributed by atoms with Gasteiger partial charge in [-0.2, -0.15) is 0 Å². The van der Waals surface area contributed by atoms with Crippen molar-refractivity contribution < 1.29 is 14.7 Å². The number of likely N-dealkylation sites (tertiary alicyclic amines) is 1. The summed E-state index contributed by atoms with van der Waals surface area (Å²) in [5.74, 6) is 1.26. The van der Waals surface area contributed by atoms with E-state index in [2.05, 4.69) is 33.0 Å². The van der Waals surface area contributed by atoms with E-state index in [-0.39, 0.29) is 30.5 Å². The number of aliphatic hydroxyl groups is 1. The van der Waals surface area contributed by atoms with Crippen LogP contribution in [0.1, 0.15) is 53.4 Å². The first-order valence-corrected chi connectivity index (χ1v) is 10.3. The van der Waals surface area contributed by atoms with Crippen LogP contribution in [0.3, 0.4) is 0 Å². The second-order valence-corrected chi connectivity index (χ2v) is 8.76. The molecule has 150 valence electrons. The summed E-state index contributed by atoms with van der Waals surface area (Å²) < 4.78 is 0. The number of piperazine rings is 1. The first-order valence-electron chi connectivity index (χ1n) is 10.3. The van der Waals surface area contributed by atoms with E-state index in [1.807, 2.05) is 9.80 Å². The number of carbonyl (C=O) groups excluding carboxylic acids is 2. The van der Waals surface area contributed by atoms with E-state index in [1.54, 1.807) is 0 Å². The molecule has 2 atom stereocenters. The SMILES string of the molecule is CC(C)C[C@@H]1NCCN([C@@H](CC(C)C)C(=O)N2CCC(CO)CC2)C1=O. The van der Waals surface area contributed by atoms with Gasteiger partial charge in [-0.05, 0) is 43.4 Å². The molecular formula is C20H37N3O3. The van der Waals surface area contributed by atoms with Crippen LogP contribution >= 0.6 is 0 Å². The first-order chi connectivity index (χ1) is 12.3. The molecule has 2 heterocycles. The lowest BCUT2D eigenvalue weighted by molar-refractivity contribution is -0.150. The van der Waals surface area contributed by atoms with Crippen LogP contribution in [0.15, 0.2) is 0 Å². The highest BCUT2D eigenvalue weighted by Gasteiger charge is 2.39. The Morgan fingerprint density at radius 1 is 1.15 bits per heavy atom. The Bertz CT molecular complexity index is 473. The molecule has 2 aliphatic heterocycles. The molecule has 2 aliphatic rings. The predicted molar refractivity (Wildman–Crippen MR) is 103 cm³/mol. The summed E-state index contributed by atoms with van der Waals surface area (Å²) >= 11 is 0. The van der Waals surface area contributed by atoms with Gasteiger partial charge in [0.15, 0.2) is 0 Å². The Morgan fingerprint density at radius 3 is 2.35 bits per heavy atom. The maximum atomic E-state index is 13.3. The Hall–Kier alpha value is -1.14. The topological polar surface area (TPSA) is 72.9 Å². The zero-order valence-electron chi connectivity index (χ0n) is 16.9. The van der Waals surface area contributed by atoms with Crippen molar-refractivity contribution in [1.29, 1.82) is 0 Å². The van der Waals surface area contributed by atoms with Crippen LogP contribution in [0, 0.1) is 17.8 Å². The summed E-state index contributed by atoms with van der Waals surface area (Å²) in [6, 6.07) is -0.531. The summed E-state index contributed by atoms with van der Waals surface area (Å²) in [7, 11) is 0. The molecular weight excluding hydrogens is 330 g/mol. The molecule has 0 aromatic rings. The molecule has 2 rings (SSSR count). The summed E-state index contributed by atoms with van der Waals surface area (Å²) in [6.07, 6.45) is 3.21. The van der Waals surface area contributed by atoms with E-state index in [1.165, 1.54) is 0 Å². The van der Waals surface area contributed by atoms with Gasteiger partial charge < -0.3 is 20.2 Å². The number of piperidine rings is 1. The Balaban J connectivity index is 2.10. The van der Waals surface area contributed by atoms with Crippen molar-refractivity contribution in [1.82, 2.24) is 15.1 Å². The quantitative estimate of drug-likeness (QED) is 0.715. The van der Waals surface area contributed by atoms with Crippen LogP contribution in [0.5, 0.6) is 0 Å². The van der Waals surface area contributed by atoms with Gasteiger partial charge in [0.05, 0.1) is 6.04 Å². The van der Waals surface area contributed by atoms with Crippen LogP contribution in [0.25, 0.3) is 0 Å². The van der Waals surface area contributed by atoms with Crippen molar-refractivity contribution in [2.24, 2.45) is 17.8 Å². The Kier molecular flexibility index (Phi) is 7.89. The third-order valence-electron chi connectivity index (χ3n) is 5.57. The van der Waals surface area contributed by atoms with Gasteiger partial charge in [-0.15, -0.1) is 0 Å². The van der Waals surface area contributed by atoms with Crippen LogP contribution in [-0.4, -0.2) is 71.6 Å². The number of nitrogens with zero attached hydrogens (tertiary/aromatic N) is 2. The van der Waals surface area contributed by atoms with Crippen LogP contribution in [0.4, 0.5) is 0 Å². The second kappa shape index (κ2) is 9.70. The number of carbonyl (C=O) groups is 2. The van der Waals surface area contributed by atoms with Gasteiger partial charge in [0.2, 0.25) is 11.8 Å². The molecule has 2 saturated heterocycles. The van der Waals surface area contributed by atoms with Crippen molar-refractivity contribution in [3.05, 3.63) is 0 Å². The van der Waals surface area contributed by atoms with E-state index < -0.39 is 0 Å². The van der Waals surface area contributed by atoms with E-state index in [4.69, 9.17) is 0 Å². The third kappa shape index (κ3) is 5.43. The molecule has 6 nitrogen and oxygen atoms in total. The highest BCUT2D eigenvalue weighted by Crippen LogP contribution is 2.23. The monoisotopic (exact) mass is 367 g/mol. The smallest absolute Gasteiger partial charge is 0.245 e. The molecule has 0 unspecified atom stereocenters. The highest BCUT2D eigenvalue weighted by molar-refractivity contribution is 5.90. The zero-order chi connectivity index (χ0) is 19.3.